The van der Waals surface area contributed by atoms with E-state index < -0.39 is 0 Å². The molecule has 0 saturated carbocycles. The van der Waals surface area contributed by atoms with Gasteiger partial charge in [-0.2, -0.15) is 0 Å². The minimum Gasteiger partial charge on any atom is -0.329 e. The maximum absolute atomic E-state index is 11.1. The highest BCUT2D eigenvalue weighted by Crippen LogP contribution is 2.20. The lowest BCUT2D eigenvalue weighted by molar-refractivity contribution is -0.120. The van der Waals surface area contributed by atoms with E-state index in [0.29, 0.717) is 6.42 Å². The van der Waals surface area contributed by atoms with Crippen LogP contribution in [0.3, 0.4) is 0 Å². The first-order valence-electron chi connectivity index (χ1n) is 5.86. The van der Waals surface area contributed by atoms with Crippen LogP contribution in [0.4, 0.5) is 0 Å². The number of carbonyl (C=O) groups excluding carboxylic acids is 1. The summed E-state index contributed by atoms with van der Waals surface area (Å²) in [7, 11) is 1.98. The topological polar surface area (TPSA) is 72.9 Å². The van der Waals surface area contributed by atoms with Crippen LogP contribution >= 0.6 is 11.8 Å². The largest absolute Gasteiger partial charge is 0.329 e. The van der Waals surface area contributed by atoms with Gasteiger partial charge in [-0.25, -0.2) is 10.8 Å². The molecule has 100 valence electrons. The Bertz CT molecular complexity index is 550. The van der Waals surface area contributed by atoms with Gasteiger partial charge in [0.05, 0.1) is 6.42 Å². The minimum absolute atomic E-state index is 0.185. The van der Waals surface area contributed by atoms with Gasteiger partial charge in [-0.05, 0) is 11.1 Å². The summed E-state index contributed by atoms with van der Waals surface area (Å²) in [5.41, 5.74) is 4.28. The van der Waals surface area contributed by atoms with Gasteiger partial charge >= 0.3 is 0 Å². The molecule has 0 fully saturated rings. The number of nitrogens with zero attached hydrogens (tertiary/aromatic N) is 2. The highest BCUT2D eigenvalue weighted by Gasteiger charge is 2.03. The van der Waals surface area contributed by atoms with E-state index in [-0.39, 0.29) is 5.91 Å². The van der Waals surface area contributed by atoms with Gasteiger partial charge in [0.15, 0.2) is 5.16 Å². The van der Waals surface area contributed by atoms with Crippen molar-refractivity contribution in [2.75, 3.05) is 0 Å². The number of hydrogen-bond donors (Lipinski definition) is 2. The number of aryl methyl sites for hydroxylation is 1. The van der Waals surface area contributed by atoms with Crippen molar-refractivity contribution in [1.82, 2.24) is 15.0 Å². The summed E-state index contributed by atoms with van der Waals surface area (Å²) < 4.78 is 1.99. The number of nitrogens with two attached hydrogens (primary N) is 1. The van der Waals surface area contributed by atoms with Crippen molar-refractivity contribution in [2.45, 2.75) is 17.3 Å². The van der Waals surface area contributed by atoms with Gasteiger partial charge in [0.25, 0.3) is 0 Å². The number of carbonyl (C=O) groups is 1. The molecule has 0 radical (unpaired) electrons. The molecule has 6 heteroatoms. The summed E-state index contributed by atoms with van der Waals surface area (Å²) in [5, 5.41) is 0.992. The highest BCUT2D eigenvalue weighted by atomic mass is 32.2. The van der Waals surface area contributed by atoms with Crippen LogP contribution in [0.5, 0.6) is 0 Å². The summed E-state index contributed by atoms with van der Waals surface area (Å²) in [6.45, 7) is 0. The van der Waals surface area contributed by atoms with Gasteiger partial charge in [0.1, 0.15) is 0 Å². The lowest BCUT2D eigenvalue weighted by Crippen LogP contribution is -2.31. The molecule has 0 saturated heterocycles. The third-order valence-electron chi connectivity index (χ3n) is 2.69. The molecule has 0 aliphatic rings. The second-order valence-corrected chi connectivity index (χ2v) is 5.11. The number of hydrogen-bond acceptors (Lipinski definition) is 4. The normalized spacial score (nSPS) is 10.4. The van der Waals surface area contributed by atoms with Crippen LogP contribution in [0.15, 0.2) is 41.8 Å². The number of benzene rings is 1. The van der Waals surface area contributed by atoms with E-state index >= 15 is 0 Å². The van der Waals surface area contributed by atoms with E-state index in [9.17, 15) is 4.79 Å². The molecule has 3 N–H and O–H groups in total. The number of hydrazine groups is 1. The van der Waals surface area contributed by atoms with Crippen LogP contribution in [0.2, 0.25) is 0 Å². The zero-order valence-electron chi connectivity index (χ0n) is 10.7. The van der Waals surface area contributed by atoms with Crippen LogP contribution in [0.25, 0.3) is 0 Å². The average Bonchev–Trinajstić information content (AvgIpc) is 2.83. The lowest BCUT2D eigenvalue weighted by Gasteiger charge is -2.04. The zero-order valence-corrected chi connectivity index (χ0v) is 11.5. The molecular weight excluding hydrogens is 260 g/mol. The van der Waals surface area contributed by atoms with E-state index in [1.165, 1.54) is 5.56 Å². The molecular formula is C13H16N4OS. The van der Waals surface area contributed by atoms with Gasteiger partial charge in [-0.3, -0.25) is 10.2 Å². The zero-order chi connectivity index (χ0) is 13.7. The molecule has 0 aliphatic heterocycles. The van der Waals surface area contributed by atoms with Crippen LogP contribution in [0.1, 0.15) is 11.1 Å². The second kappa shape index (κ2) is 6.40. The Balaban J connectivity index is 1.92. The molecule has 2 rings (SSSR count). The van der Waals surface area contributed by atoms with Crippen LogP contribution in [0, 0.1) is 0 Å². The first-order valence-corrected chi connectivity index (χ1v) is 6.85. The van der Waals surface area contributed by atoms with E-state index in [2.05, 4.69) is 10.4 Å². The standard InChI is InChI=1S/C13H16N4OS/c1-17-7-6-15-13(17)19-9-11-4-2-10(3-5-11)8-12(18)16-14/h2-7H,8-9,14H2,1H3,(H,16,18). The smallest absolute Gasteiger partial charge is 0.238 e. The predicted molar refractivity (Wildman–Crippen MR) is 75.2 cm³/mol. The van der Waals surface area contributed by atoms with E-state index in [1.807, 2.05) is 42.1 Å². The number of rotatable bonds is 5. The molecule has 0 atom stereocenters. The van der Waals surface area contributed by atoms with E-state index in [1.54, 1.807) is 18.0 Å². The quantitative estimate of drug-likeness (QED) is 0.373. The summed E-state index contributed by atoms with van der Waals surface area (Å²) in [5.74, 6) is 5.72. The van der Waals surface area contributed by atoms with Crippen molar-refractivity contribution >= 4 is 17.7 Å². The third-order valence-corrected chi connectivity index (χ3v) is 3.82. The van der Waals surface area contributed by atoms with Crippen LogP contribution < -0.4 is 11.3 Å². The number of imidazole rings is 1. The molecule has 1 aromatic heterocycles. The lowest BCUT2D eigenvalue weighted by atomic mass is 10.1. The van der Waals surface area contributed by atoms with Gasteiger partial charge in [0.2, 0.25) is 5.91 Å². The summed E-state index contributed by atoms with van der Waals surface area (Å²) in [6.07, 6.45) is 4.02. The molecule has 2 aromatic rings. The fourth-order valence-electron chi connectivity index (χ4n) is 1.63. The highest BCUT2D eigenvalue weighted by molar-refractivity contribution is 7.98. The van der Waals surface area contributed by atoms with Crippen molar-refractivity contribution in [3.05, 3.63) is 47.8 Å². The SMILES string of the molecule is Cn1ccnc1SCc1ccc(CC(=O)NN)cc1. The first-order chi connectivity index (χ1) is 9.19. The van der Waals surface area contributed by atoms with Crippen molar-refractivity contribution in [1.29, 1.82) is 0 Å². The number of nitrogens with one attached hydrogen (secondary N) is 1. The van der Waals surface area contributed by atoms with Gasteiger partial charge < -0.3 is 4.57 Å². The van der Waals surface area contributed by atoms with E-state index in [0.717, 1.165) is 16.5 Å². The van der Waals surface area contributed by atoms with Crippen LogP contribution in [-0.2, 0) is 24.0 Å². The molecule has 1 heterocycles. The first kappa shape index (κ1) is 13.6. The Labute approximate surface area is 116 Å². The predicted octanol–water partition coefficient (Wildman–Crippen LogP) is 1.24. The Morgan fingerprint density at radius 3 is 2.63 bits per heavy atom. The van der Waals surface area contributed by atoms with Crippen molar-refractivity contribution < 1.29 is 4.79 Å². The molecule has 0 spiro atoms. The molecule has 1 aromatic carbocycles. The Hall–Kier alpha value is -1.79. The maximum Gasteiger partial charge on any atom is 0.238 e. The van der Waals surface area contributed by atoms with Gasteiger partial charge in [-0.15, -0.1) is 0 Å². The average molecular weight is 276 g/mol. The number of amides is 1. The fraction of sp³-hybridized carbons (Fsp3) is 0.231. The molecule has 0 aliphatic carbocycles. The summed E-state index contributed by atoms with van der Waals surface area (Å²) in [6, 6.07) is 7.94. The molecule has 1 amide bonds. The Morgan fingerprint density at radius 1 is 1.37 bits per heavy atom. The van der Waals surface area contributed by atoms with Crippen molar-refractivity contribution in [2.24, 2.45) is 12.9 Å². The Kier molecular flexibility index (Phi) is 4.59. The monoisotopic (exact) mass is 276 g/mol. The fourth-order valence-corrected chi connectivity index (χ4v) is 2.52. The molecule has 19 heavy (non-hydrogen) atoms. The van der Waals surface area contributed by atoms with Gasteiger partial charge in [-0.1, -0.05) is 36.0 Å². The third kappa shape index (κ3) is 3.84. The molecule has 5 nitrogen and oxygen atoms in total. The Morgan fingerprint density at radius 2 is 2.05 bits per heavy atom. The second-order valence-electron chi connectivity index (χ2n) is 4.17. The summed E-state index contributed by atoms with van der Waals surface area (Å²) in [4.78, 5) is 15.4. The van der Waals surface area contributed by atoms with Crippen molar-refractivity contribution in [3.8, 4) is 0 Å². The van der Waals surface area contributed by atoms with Crippen LogP contribution in [-0.4, -0.2) is 15.5 Å². The molecule has 0 unspecified atom stereocenters. The van der Waals surface area contributed by atoms with Gasteiger partial charge in [0, 0.05) is 25.2 Å². The summed E-state index contributed by atoms with van der Waals surface area (Å²) >= 11 is 1.68. The van der Waals surface area contributed by atoms with Crippen molar-refractivity contribution in [3.63, 3.8) is 0 Å². The maximum atomic E-state index is 11.1. The number of aromatic nitrogens is 2. The molecule has 0 bridgehead atoms. The minimum atomic E-state index is -0.185. The van der Waals surface area contributed by atoms with E-state index in [4.69, 9.17) is 5.84 Å². The number of thioether (sulfide) groups is 1.